The minimum absolute atomic E-state index is 0.0202. The van der Waals surface area contributed by atoms with Crippen LogP contribution in [0.2, 0.25) is 0 Å². The zero-order valence-electron chi connectivity index (χ0n) is 13.3. The van der Waals surface area contributed by atoms with Crippen LogP contribution in [0.15, 0.2) is 24.5 Å². The molecule has 22 heavy (non-hydrogen) atoms. The van der Waals surface area contributed by atoms with Gasteiger partial charge in [-0.1, -0.05) is 13.3 Å². The maximum Gasteiger partial charge on any atom is 0.317 e. The number of nitrogens with one attached hydrogen (secondary N) is 1. The number of methoxy groups -OCH3 is 1. The Bertz CT molecular complexity index is 455. The Morgan fingerprint density at radius 1 is 1.55 bits per heavy atom. The molecule has 0 aliphatic carbocycles. The van der Waals surface area contributed by atoms with Crippen LogP contribution in [0.1, 0.15) is 26.2 Å². The van der Waals surface area contributed by atoms with Gasteiger partial charge in [0.05, 0.1) is 18.3 Å². The van der Waals surface area contributed by atoms with E-state index in [0.29, 0.717) is 19.7 Å². The third-order valence-corrected chi connectivity index (χ3v) is 3.85. The predicted molar refractivity (Wildman–Crippen MR) is 83.9 cm³/mol. The number of hydrogen-bond donors (Lipinski definition) is 1. The van der Waals surface area contributed by atoms with Crippen LogP contribution < -0.4 is 10.1 Å². The van der Waals surface area contributed by atoms with Crippen LogP contribution in [0.3, 0.4) is 0 Å². The predicted octanol–water partition coefficient (Wildman–Crippen LogP) is 2.06. The van der Waals surface area contributed by atoms with E-state index in [1.165, 1.54) is 0 Å². The Hall–Kier alpha value is -1.82. The van der Waals surface area contributed by atoms with Crippen molar-refractivity contribution in [3.8, 4) is 5.75 Å². The van der Waals surface area contributed by atoms with Gasteiger partial charge in [0.1, 0.15) is 12.4 Å². The molecule has 0 aromatic carbocycles. The average molecular weight is 307 g/mol. The molecule has 1 aliphatic heterocycles. The standard InChI is InChI=1S/C16H25N3O3/c1-3-4-8-18-16(20)19-11-15(21-2)9-13(19)12-22-14-6-5-7-17-10-14/h5-7,10,13,15H,3-4,8-9,11-12H2,1-2H3,(H,18,20)/t13-,15-/m1/s1. The molecular formula is C16H25N3O3. The number of urea groups is 1. The maximum atomic E-state index is 12.3. The van der Waals surface area contributed by atoms with Crippen molar-refractivity contribution in [2.45, 2.75) is 38.3 Å². The number of hydrogen-bond acceptors (Lipinski definition) is 4. The number of carbonyl (C=O) groups is 1. The first-order valence-electron chi connectivity index (χ1n) is 7.84. The summed E-state index contributed by atoms with van der Waals surface area (Å²) in [6.45, 7) is 3.87. The number of rotatable bonds is 7. The summed E-state index contributed by atoms with van der Waals surface area (Å²) in [5.74, 6) is 0.717. The quantitative estimate of drug-likeness (QED) is 0.783. The van der Waals surface area contributed by atoms with E-state index in [0.717, 1.165) is 25.0 Å². The van der Waals surface area contributed by atoms with Gasteiger partial charge >= 0.3 is 6.03 Å². The molecule has 0 spiro atoms. The number of likely N-dealkylation sites (tertiary alicyclic amines) is 1. The van der Waals surface area contributed by atoms with E-state index in [2.05, 4.69) is 17.2 Å². The number of amides is 2. The van der Waals surface area contributed by atoms with E-state index in [4.69, 9.17) is 9.47 Å². The molecule has 1 aliphatic rings. The Morgan fingerprint density at radius 2 is 2.41 bits per heavy atom. The number of ether oxygens (including phenoxy) is 2. The first-order valence-corrected chi connectivity index (χ1v) is 7.84. The van der Waals surface area contributed by atoms with Crippen molar-refractivity contribution >= 4 is 6.03 Å². The summed E-state index contributed by atoms with van der Waals surface area (Å²) in [5.41, 5.74) is 0. The summed E-state index contributed by atoms with van der Waals surface area (Å²) in [6, 6.07) is 3.68. The van der Waals surface area contributed by atoms with Gasteiger partial charge in [-0.25, -0.2) is 4.79 Å². The molecule has 6 heteroatoms. The summed E-state index contributed by atoms with van der Waals surface area (Å²) in [4.78, 5) is 18.1. The van der Waals surface area contributed by atoms with E-state index >= 15 is 0 Å². The largest absolute Gasteiger partial charge is 0.490 e. The minimum atomic E-state index is -0.0345. The van der Waals surface area contributed by atoms with Gasteiger partial charge in [0, 0.05) is 26.4 Å². The zero-order chi connectivity index (χ0) is 15.8. The highest BCUT2D eigenvalue weighted by molar-refractivity contribution is 5.75. The Balaban J connectivity index is 1.89. The summed E-state index contributed by atoms with van der Waals surface area (Å²) >= 11 is 0. The van der Waals surface area contributed by atoms with Crippen molar-refractivity contribution in [2.24, 2.45) is 0 Å². The van der Waals surface area contributed by atoms with Crippen LogP contribution in [-0.4, -0.2) is 54.9 Å². The first-order chi connectivity index (χ1) is 10.7. The first kappa shape index (κ1) is 16.5. The van der Waals surface area contributed by atoms with Crippen molar-refractivity contribution < 1.29 is 14.3 Å². The molecule has 0 bridgehead atoms. The highest BCUT2D eigenvalue weighted by atomic mass is 16.5. The fourth-order valence-corrected chi connectivity index (χ4v) is 2.55. The number of nitrogens with zero attached hydrogens (tertiary/aromatic N) is 2. The molecule has 2 amide bonds. The SMILES string of the molecule is CCCCNC(=O)N1C[C@H](OC)C[C@@H]1COc1cccnc1. The molecule has 0 unspecified atom stereocenters. The summed E-state index contributed by atoms with van der Waals surface area (Å²) < 4.78 is 11.2. The molecule has 2 atom stereocenters. The van der Waals surface area contributed by atoms with E-state index < -0.39 is 0 Å². The molecule has 2 heterocycles. The summed E-state index contributed by atoms with van der Waals surface area (Å²) in [6.07, 6.45) is 6.29. The highest BCUT2D eigenvalue weighted by Crippen LogP contribution is 2.21. The monoisotopic (exact) mass is 307 g/mol. The van der Waals surface area contributed by atoms with Crippen molar-refractivity contribution in [3.05, 3.63) is 24.5 Å². The van der Waals surface area contributed by atoms with Crippen molar-refractivity contribution in [2.75, 3.05) is 26.8 Å². The molecule has 6 nitrogen and oxygen atoms in total. The molecular weight excluding hydrogens is 282 g/mol. The lowest BCUT2D eigenvalue weighted by molar-refractivity contribution is 0.110. The van der Waals surface area contributed by atoms with E-state index in [1.807, 2.05) is 17.0 Å². The van der Waals surface area contributed by atoms with Crippen LogP contribution in [-0.2, 0) is 4.74 Å². The molecule has 0 radical (unpaired) electrons. The second-order valence-corrected chi connectivity index (χ2v) is 5.48. The normalized spacial score (nSPS) is 20.9. The van der Waals surface area contributed by atoms with Crippen LogP contribution in [0, 0.1) is 0 Å². The van der Waals surface area contributed by atoms with Crippen LogP contribution in [0.5, 0.6) is 5.75 Å². The molecule has 1 aromatic heterocycles. The van der Waals surface area contributed by atoms with Crippen molar-refractivity contribution in [1.82, 2.24) is 15.2 Å². The Morgan fingerprint density at radius 3 is 3.09 bits per heavy atom. The van der Waals surface area contributed by atoms with Gasteiger partial charge in [0.2, 0.25) is 0 Å². The van der Waals surface area contributed by atoms with Gasteiger partial charge in [0.25, 0.3) is 0 Å². The zero-order valence-corrected chi connectivity index (χ0v) is 13.3. The second-order valence-electron chi connectivity index (χ2n) is 5.48. The third-order valence-electron chi connectivity index (χ3n) is 3.85. The van der Waals surface area contributed by atoms with Gasteiger partial charge in [-0.05, 0) is 25.0 Å². The lowest BCUT2D eigenvalue weighted by atomic mass is 10.2. The lowest BCUT2D eigenvalue weighted by Crippen LogP contribution is -2.45. The molecule has 1 saturated heterocycles. The summed E-state index contributed by atoms with van der Waals surface area (Å²) in [5, 5.41) is 2.96. The smallest absolute Gasteiger partial charge is 0.317 e. The third kappa shape index (κ3) is 4.59. The van der Waals surface area contributed by atoms with Crippen molar-refractivity contribution in [3.63, 3.8) is 0 Å². The fraction of sp³-hybridized carbons (Fsp3) is 0.625. The number of aromatic nitrogens is 1. The van der Waals surface area contributed by atoms with E-state index in [9.17, 15) is 4.79 Å². The molecule has 0 saturated carbocycles. The Labute approximate surface area is 131 Å². The van der Waals surface area contributed by atoms with Crippen LogP contribution >= 0.6 is 0 Å². The molecule has 122 valence electrons. The average Bonchev–Trinajstić information content (AvgIpc) is 2.97. The van der Waals surface area contributed by atoms with Gasteiger partial charge in [-0.3, -0.25) is 4.98 Å². The highest BCUT2D eigenvalue weighted by Gasteiger charge is 2.35. The molecule has 2 rings (SSSR count). The van der Waals surface area contributed by atoms with Gasteiger partial charge < -0.3 is 19.7 Å². The number of carbonyl (C=O) groups excluding carboxylic acids is 1. The second kappa shape index (κ2) is 8.58. The summed E-state index contributed by atoms with van der Waals surface area (Å²) in [7, 11) is 1.68. The molecule has 1 aromatic rings. The van der Waals surface area contributed by atoms with Crippen LogP contribution in [0.4, 0.5) is 4.79 Å². The van der Waals surface area contributed by atoms with Gasteiger partial charge in [0.15, 0.2) is 0 Å². The molecule has 1 fully saturated rings. The molecule has 1 N–H and O–H groups in total. The minimum Gasteiger partial charge on any atom is -0.490 e. The Kier molecular flexibility index (Phi) is 6.45. The maximum absolute atomic E-state index is 12.3. The van der Waals surface area contributed by atoms with Gasteiger partial charge in [-0.2, -0.15) is 0 Å². The van der Waals surface area contributed by atoms with Crippen LogP contribution in [0.25, 0.3) is 0 Å². The van der Waals surface area contributed by atoms with Crippen molar-refractivity contribution in [1.29, 1.82) is 0 Å². The fourth-order valence-electron chi connectivity index (χ4n) is 2.55. The topological polar surface area (TPSA) is 63.7 Å². The number of pyridine rings is 1. The lowest BCUT2D eigenvalue weighted by Gasteiger charge is -2.24. The number of unbranched alkanes of at least 4 members (excludes halogenated alkanes) is 1. The van der Waals surface area contributed by atoms with E-state index in [1.54, 1.807) is 19.5 Å². The van der Waals surface area contributed by atoms with Gasteiger partial charge in [-0.15, -0.1) is 0 Å². The van der Waals surface area contributed by atoms with E-state index in [-0.39, 0.29) is 18.2 Å².